The normalized spacial score (nSPS) is 16.2. The average Bonchev–Trinajstić information content (AvgIpc) is 1.95. The molecule has 0 amide bonds. The van der Waals surface area contributed by atoms with E-state index in [1.807, 2.05) is 6.92 Å². The Balaban J connectivity index is 3.50. The van der Waals surface area contributed by atoms with Gasteiger partial charge in [0.1, 0.15) is 0 Å². The molecule has 3 heteroatoms. The Bertz CT molecular complexity index is 126. The van der Waals surface area contributed by atoms with Gasteiger partial charge < -0.3 is 10.4 Å². The third-order valence-corrected chi connectivity index (χ3v) is 1.84. The van der Waals surface area contributed by atoms with Crippen LogP contribution in [0.3, 0.4) is 0 Å². The van der Waals surface area contributed by atoms with E-state index in [0.717, 1.165) is 6.42 Å². The molecule has 1 unspecified atom stereocenters. The van der Waals surface area contributed by atoms with Crippen LogP contribution in [-0.4, -0.2) is 30.5 Å². The summed E-state index contributed by atoms with van der Waals surface area (Å²) < 4.78 is 11.7. The molecule has 0 aromatic carbocycles. The average molecular weight is 191 g/mol. The maximum atomic E-state index is 11.7. The molecule has 0 radical (unpaired) electrons. The molecule has 0 bridgehead atoms. The zero-order valence-electron chi connectivity index (χ0n) is 8.94. The van der Waals surface area contributed by atoms with E-state index in [-0.39, 0.29) is 6.67 Å². The number of hydrogen-bond acceptors (Lipinski definition) is 2. The van der Waals surface area contributed by atoms with E-state index in [2.05, 4.69) is 19.2 Å². The van der Waals surface area contributed by atoms with Crippen LogP contribution in [0.4, 0.5) is 4.39 Å². The summed E-state index contributed by atoms with van der Waals surface area (Å²) in [5.41, 5.74) is -0.662. The van der Waals surface area contributed by atoms with E-state index >= 15 is 0 Å². The highest BCUT2D eigenvalue weighted by Gasteiger charge is 2.20. The van der Waals surface area contributed by atoms with Gasteiger partial charge in [-0.1, -0.05) is 13.8 Å². The molecule has 0 spiro atoms. The summed E-state index contributed by atoms with van der Waals surface area (Å²) >= 11 is 0. The summed E-state index contributed by atoms with van der Waals surface area (Å²) in [4.78, 5) is 0. The van der Waals surface area contributed by atoms with Crippen LogP contribution in [0.2, 0.25) is 0 Å². The van der Waals surface area contributed by atoms with E-state index in [0.29, 0.717) is 25.4 Å². The fraction of sp³-hybridized carbons (Fsp3) is 1.00. The van der Waals surface area contributed by atoms with Crippen molar-refractivity contribution in [2.45, 2.75) is 39.2 Å². The summed E-state index contributed by atoms with van der Waals surface area (Å²) in [6.07, 6.45) is 1.30. The number of hydrogen-bond donors (Lipinski definition) is 2. The first-order valence-electron chi connectivity index (χ1n) is 4.97. The van der Waals surface area contributed by atoms with Gasteiger partial charge in [-0.25, -0.2) is 0 Å². The largest absolute Gasteiger partial charge is 0.389 e. The van der Waals surface area contributed by atoms with Crippen molar-refractivity contribution in [1.29, 1.82) is 0 Å². The van der Waals surface area contributed by atoms with E-state index < -0.39 is 5.60 Å². The quantitative estimate of drug-likeness (QED) is 0.601. The monoisotopic (exact) mass is 191 g/mol. The van der Waals surface area contributed by atoms with Crippen LogP contribution in [0.1, 0.15) is 33.6 Å². The molecule has 0 saturated carbocycles. The molecule has 2 N–H and O–H groups in total. The lowest BCUT2D eigenvalue weighted by Crippen LogP contribution is -2.39. The Hall–Kier alpha value is -0.150. The van der Waals surface area contributed by atoms with Crippen molar-refractivity contribution >= 4 is 0 Å². The van der Waals surface area contributed by atoms with Gasteiger partial charge in [-0.2, -0.15) is 0 Å². The van der Waals surface area contributed by atoms with Crippen LogP contribution in [0.15, 0.2) is 0 Å². The molecule has 0 fully saturated rings. The predicted octanol–water partition coefficient (Wildman–Crippen LogP) is 1.73. The summed E-state index contributed by atoms with van der Waals surface area (Å²) in [6, 6.07) is 0. The Morgan fingerprint density at radius 2 is 2.08 bits per heavy atom. The highest BCUT2D eigenvalue weighted by atomic mass is 19.1. The van der Waals surface area contributed by atoms with Gasteiger partial charge in [-0.05, 0) is 32.2 Å². The Morgan fingerprint density at radius 3 is 2.54 bits per heavy atom. The van der Waals surface area contributed by atoms with Crippen LogP contribution in [0.5, 0.6) is 0 Å². The number of rotatable bonds is 7. The molecule has 0 aliphatic heterocycles. The van der Waals surface area contributed by atoms with Gasteiger partial charge in [-0.15, -0.1) is 0 Å². The minimum absolute atomic E-state index is 0.292. The highest BCUT2D eigenvalue weighted by molar-refractivity contribution is 4.76. The standard InChI is InChI=1S/C10H22FNO/c1-9(2)7-10(3,13)8-12-6-4-5-11/h9,12-13H,4-8H2,1-3H3. The second-order valence-electron chi connectivity index (χ2n) is 4.31. The Kier molecular flexibility index (Phi) is 6.25. The molecule has 13 heavy (non-hydrogen) atoms. The molecular formula is C10H22FNO. The fourth-order valence-corrected chi connectivity index (χ4v) is 1.50. The Morgan fingerprint density at radius 1 is 1.46 bits per heavy atom. The fourth-order valence-electron chi connectivity index (χ4n) is 1.50. The van der Waals surface area contributed by atoms with Gasteiger partial charge in [0.2, 0.25) is 0 Å². The first-order chi connectivity index (χ1) is 5.98. The zero-order valence-corrected chi connectivity index (χ0v) is 8.94. The molecular weight excluding hydrogens is 169 g/mol. The molecule has 0 aliphatic rings. The minimum atomic E-state index is -0.662. The van der Waals surface area contributed by atoms with Gasteiger partial charge in [-0.3, -0.25) is 4.39 Å². The molecule has 2 nitrogen and oxygen atoms in total. The number of halogens is 1. The number of aliphatic hydroxyl groups is 1. The summed E-state index contributed by atoms with van der Waals surface area (Å²) in [5.74, 6) is 0.484. The number of alkyl halides is 1. The first kappa shape index (κ1) is 12.8. The maximum Gasteiger partial charge on any atom is 0.0906 e. The third-order valence-electron chi connectivity index (χ3n) is 1.84. The molecule has 1 atom stereocenters. The highest BCUT2D eigenvalue weighted by Crippen LogP contribution is 2.14. The van der Waals surface area contributed by atoms with Crippen LogP contribution < -0.4 is 5.32 Å². The van der Waals surface area contributed by atoms with Gasteiger partial charge >= 0.3 is 0 Å². The van der Waals surface area contributed by atoms with Crippen molar-refractivity contribution in [3.05, 3.63) is 0 Å². The van der Waals surface area contributed by atoms with Crippen molar-refractivity contribution in [3.63, 3.8) is 0 Å². The van der Waals surface area contributed by atoms with Crippen LogP contribution in [0, 0.1) is 5.92 Å². The van der Waals surface area contributed by atoms with Crippen molar-refractivity contribution in [2.24, 2.45) is 5.92 Å². The molecule has 0 saturated heterocycles. The van der Waals surface area contributed by atoms with Gasteiger partial charge in [0.05, 0.1) is 12.3 Å². The topological polar surface area (TPSA) is 32.3 Å². The van der Waals surface area contributed by atoms with Gasteiger partial charge in [0.15, 0.2) is 0 Å². The van der Waals surface area contributed by atoms with Crippen molar-refractivity contribution in [3.8, 4) is 0 Å². The molecule has 80 valence electrons. The lowest BCUT2D eigenvalue weighted by molar-refractivity contribution is 0.0386. The molecule has 0 aromatic rings. The van der Waals surface area contributed by atoms with Crippen molar-refractivity contribution < 1.29 is 9.50 Å². The van der Waals surface area contributed by atoms with E-state index in [9.17, 15) is 9.50 Å². The second-order valence-corrected chi connectivity index (χ2v) is 4.31. The summed E-state index contributed by atoms with van der Waals surface area (Å²) in [5, 5.41) is 12.9. The zero-order chi connectivity index (χ0) is 10.3. The lowest BCUT2D eigenvalue weighted by atomic mass is 9.94. The van der Waals surface area contributed by atoms with Crippen LogP contribution >= 0.6 is 0 Å². The third kappa shape index (κ3) is 8.19. The summed E-state index contributed by atoms with van der Waals surface area (Å²) in [6.45, 7) is 6.87. The SMILES string of the molecule is CC(C)CC(C)(O)CNCCCF. The van der Waals surface area contributed by atoms with E-state index in [4.69, 9.17) is 0 Å². The summed E-state index contributed by atoms with van der Waals surface area (Å²) in [7, 11) is 0. The van der Waals surface area contributed by atoms with Crippen LogP contribution in [0.25, 0.3) is 0 Å². The smallest absolute Gasteiger partial charge is 0.0906 e. The second kappa shape index (κ2) is 6.33. The first-order valence-corrected chi connectivity index (χ1v) is 4.97. The van der Waals surface area contributed by atoms with Gasteiger partial charge in [0, 0.05) is 6.54 Å². The molecule has 0 heterocycles. The molecule has 0 rings (SSSR count). The van der Waals surface area contributed by atoms with Crippen LogP contribution in [-0.2, 0) is 0 Å². The lowest BCUT2D eigenvalue weighted by Gasteiger charge is -2.25. The van der Waals surface area contributed by atoms with E-state index in [1.165, 1.54) is 0 Å². The van der Waals surface area contributed by atoms with Crippen molar-refractivity contribution in [2.75, 3.05) is 19.8 Å². The van der Waals surface area contributed by atoms with Gasteiger partial charge in [0.25, 0.3) is 0 Å². The molecule has 0 aliphatic carbocycles. The van der Waals surface area contributed by atoms with Crippen molar-refractivity contribution in [1.82, 2.24) is 5.32 Å². The molecule has 0 aromatic heterocycles. The maximum absolute atomic E-state index is 11.7. The number of nitrogens with one attached hydrogen (secondary N) is 1. The Labute approximate surface area is 80.5 Å². The minimum Gasteiger partial charge on any atom is -0.389 e. The predicted molar refractivity (Wildman–Crippen MR) is 53.5 cm³/mol. The van der Waals surface area contributed by atoms with E-state index in [1.54, 1.807) is 0 Å².